The van der Waals surface area contributed by atoms with Gasteiger partial charge < -0.3 is 11.1 Å². The zero-order chi connectivity index (χ0) is 14.4. The van der Waals surface area contributed by atoms with Crippen LogP contribution >= 0.6 is 11.6 Å². The number of carbonyl (C=O) groups is 1. The van der Waals surface area contributed by atoms with Crippen molar-refractivity contribution in [2.45, 2.75) is 27.7 Å². The molecule has 104 valence electrons. The van der Waals surface area contributed by atoms with Crippen LogP contribution in [0.2, 0.25) is 5.15 Å². The summed E-state index contributed by atoms with van der Waals surface area (Å²) in [5.74, 6) is 0.280. The van der Waals surface area contributed by atoms with E-state index in [4.69, 9.17) is 17.3 Å². The number of nitrogens with two attached hydrogens (primary N) is 1. The third-order valence-electron chi connectivity index (χ3n) is 4.93. The molecule has 0 spiro atoms. The number of rotatable bonds is 3. The van der Waals surface area contributed by atoms with Gasteiger partial charge in [-0.3, -0.25) is 4.79 Å². The maximum absolute atomic E-state index is 12.1. The third kappa shape index (κ3) is 2.29. The molecule has 1 saturated carbocycles. The molecule has 1 aliphatic carbocycles. The predicted molar refractivity (Wildman–Crippen MR) is 77.0 cm³/mol. The quantitative estimate of drug-likeness (QED) is 0.837. The predicted octanol–water partition coefficient (Wildman–Crippen LogP) is 2.73. The first-order valence-corrected chi connectivity index (χ1v) is 6.75. The SMILES string of the molecule is CC1(C)C(CNC(=O)c2cc(Cl)ncc2N)C1(C)C. The highest BCUT2D eigenvalue weighted by atomic mass is 35.5. The second kappa shape index (κ2) is 4.37. The summed E-state index contributed by atoms with van der Waals surface area (Å²) in [6.45, 7) is 9.55. The van der Waals surface area contributed by atoms with Crippen LogP contribution in [0.25, 0.3) is 0 Å². The summed E-state index contributed by atoms with van der Waals surface area (Å²) in [5.41, 5.74) is 6.97. The number of anilines is 1. The first-order chi connectivity index (χ1) is 8.68. The molecule has 4 nitrogen and oxygen atoms in total. The zero-order valence-corrected chi connectivity index (χ0v) is 12.5. The smallest absolute Gasteiger partial charge is 0.253 e. The zero-order valence-electron chi connectivity index (χ0n) is 11.7. The summed E-state index contributed by atoms with van der Waals surface area (Å²) in [6.07, 6.45) is 1.41. The van der Waals surface area contributed by atoms with Crippen molar-refractivity contribution in [3.63, 3.8) is 0 Å². The number of nitrogens with one attached hydrogen (secondary N) is 1. The van der Waals surface area contributed by atoms with Gasteiger partial charge in [0.05, 0.1) is 17.4 Å². The minimum absolute atomic E-state index is 0.194. The molecule has 2 rings (SSSR count). The highest BCUT2D eigenvalue weighted by Gasteiger charge is 2.64. The Balaban J connectivity index is 2.02. The van der Waals surface area contributed by atoms with E-state index in [-0.39, 0.29) is 21.9 Å². The van der Waals surface area contributed by atoms with Gasteiger partial charge in [-0.25, -0.2) is 4.98 Å². The molecule has 1 fully saturated rings. The Morgan fingerprint density at radius 3 is 2.53 bits per heavy atom. The fourth-order valence-corrected chi connectivity index (χ4v) is 2.93. The topological polar surface area (TPSA) is 68.0 Å². The molecule has 0 bridgehead atoms. The Hall–Kier alpha value is -1.29. The van der Waals surface area contributed by atoms with Crippen molar-refractivity contribution in [2.75, 3.05) is 12.3 Å². The second-order valence-corrected chi connectivity index (χ2v) is 6.69. The lowest BCUT2D eigenvalue weighted by Gasteiger charge is -2.08. The molecule has 0 saturated heterocycles. The molecule has 19 heavy (non-hydrogen) atoms. The van der Waals surface area contributed by atoms with Gasteiger partial charge in [-0.05, 0) is 22.8 Å². The van der Waals surface area contributed by atoms with Crippen LogP contribution in [-0.4, -0.2) is 17.4 Å². The van der Waals surface area contributed by atoms with Crippen molar-refractivity contribution in [2.24, 2.45) is 16.7 Å². The molecule has 0 atom stereocenters. The van der Waals surface area contributed by atoms with E-state index >= 15 is 0 Å². The first-order valence-electron chi connectivity index (χ1n) is 6.37. The standard InChI is InChI=1S/C14H20ClN3O/c1-13(2)10(14(13,3)4)7-18-12(19)8-5-11(15)17-6-9(8)16/h5-6,10H,7,16H2,1-4H3,(H,18,19). The van der Waals surface area contributed by atoms with E-state index in [1.54, 1.807) is 0 Å². The van der Waals surface area contributed by atoms with Gasteiger partial charge in [0.2, 0.25) is 0 Å². The van der Waals surface area contributed by atoms with Crippen LogP contribution in [0.5, 0.6) is 0 Å². The van der Waals surface area contributed by atoms with Crippen molar-refractivity contribution in [3.8, 4) is 0 Å². The summed E-state index contributed by atoms with van der Waals surface area (Å²) in [5, 5.41) is 3.20. The molecular formula is C14H20ClN3O. The van der Waals surface area contributed by atoms with Crippen LogP contribution < -0.4 is 11.1 Å². The Morgan fingerprint density at radius 2 is 2.00 bits per heavy atom. The molecule has 1 aromatic heterocycles. The van der Waals surface area contributed by atoms with Gasteiger partial charge >= 0.3 is 0 Å². The van der Waals surface area contributed by atoms with E-state index in [0.29, 0.717) is 23.7 Å². The van der Waals surface area contributed by atoms with E-state index in [2.05, 4.69) is 38.0 Å². The van der Waals surface area contributed by atoms with Gasteiger partial charge in [-0.1, -0.05) is 39.3 Å². The van der Waals surface area contributed by atoms with Crippen LogP contribution in [0.15, 0.2) is 12.3 Å². The molecular weight excluding hydrogens is 262 g/mol. The Morgan fingerprint density at radius 1 is 1.42 bits per heavy atom. The number of halogens is 1. The Kier molecular flexibility index (Phi) is 3.25. The van der Waals surface area contributed by atoms with Crippen molar-refractivity contribution < 1.29 is 4.79 Å². The highest BCUT2D eigenvalue weighted by molar-refractivity contribution is 6.29. The van der Waals surface area contributed by atoms with Gasteiger partial charge in [0, 0.05) is 6.54 Å². The lowest BCUT2D eigenvalue weighted by molar-refractivity contribution is 0.0950. The first kappa shape index (κ1) is 14.1. The van der Waals surface area contributed by atoms with Gasteiger partial charge in [-0.15, -0.1) is 0 Å². The number of hydrogen-bond acceptors (Lipinski definition) is 3. The molecule has 0 radical (unpaired) electrons. The molecule has 3 N–H and O–H groups in total. The summed E-state index contributed by atoms with van der Waals surface area (Å²) < 4.78 is 0. The van der Waals surface area contributed by atoms with Crippen molar-refractivity contribution in [1.82, 2.24) is 10.3 Å². The van der Waals surface area contributed by atoms with Crippen molar-refractivity contribution in [3.05, 3.63) is 23.0 Å². The Labute approximate surface area is 118 Å². The van der Waals surface area contributed by atoms with E-state index in [1.165, 1.54) is 12.3 Å². The third-order valence-corrected chi connectivity index (χ3v) is 5.14. The molecule has 1 amide bonds. The van der Waals surface area contributed by atoms with Gasteiger partial charge in [0.15, 0.2) is 0 Å². The van der Waals surface area contributed by atoms with Crippen LogP contribution in [0.1, 0.15) is 38.1 Å². The maximum Gasteiger partial charge on any atom is 0.253 e. The van der Waals surface area contributed by atoms with Gasteiger partial charge in [0.1, 0.15) is 5.15 Å². The molecule has 1 aromatic rings. The lowest BCUT2D eigenvalue weighted by Crippen LogP contribution is -2.28. The largest absolute Gasteiger partial charge is 0.397 e. The minimum atomic E-state index is -0.194. The number of hydrogen-bond donors (Lipinski definition) is 2. The van der Waals surface area contributed by atoms with E-state index in [1.807, 2.05) is 0 Å². The summed E-state index contributed by atoms with van der Waals surface area (Å²) in [6, 6.07) is 1.50. The van der Waals surface area contributed by atoms with E-state index in [9.17, 15) is 4.79 Å². The number of nitrogen functional groups attached to an aromatic ring is 1. The number of pyridine rings is 1. The summed E-state index contributed by atoms with van der Waals surface area (Å²) in [7, 11) is 0. The van der Waals surface area contributed by atoms with Crippen molar-refractivity contribution in [1.29, 1.82) is 0 Å². The molecule has 1 aliphatic rings. The lowest BCUT2D eigenvalue weighted by atomic mass is 10.0. The molecule has 1 heterocycles. The number of amides is 1. The second-order valence-electron chi connectivity index (χ2n) is 6.30. The normalized spacial score (nSPS) is 20.1. The summed E-state index contributed by atoms with van der Waals surface area (Å²) >= 11 is 5.78. The van der Waals surface area contributed by atoms with E-state index < -0.39 is 0 Å². The number of nitrogens with zero attached hydrogens (tertiary/aromatic N) is 1. The van der Waals surface area contributed by atoms with Crippen LogP contribution in [0.3, 0.4) is 0 Å². The Bertz CT molecular complexity index is 511. The monoisotopic (exact) mass is 281 g/mol. The average molecular weight is 282 g/mol. The number of carbonyl (C=O) groups excluding carboxylic acids is 1. The fourth-order valence-electron chi connectivity index (χ4n) is 2.77. The average Bonchev–Trinajstić information content (AvgIpc) is 2.70. The minimum Gasteiger partial charge on any atom is -0.397 e. The maximum atomic E-state index is 12.1. The van der Waals surface area contributed by atoms with Crippen molar-refractivity contribution >= 4 is 23.2 Å². The van der Waals surface area contributed by atoms with Gasteiger partial charge in [-0.2, -0.15) is 0 Å². The van der Waals surface area contributed by atoms with Crippen LogP contribution in [-0.2, 0) is 0 Å². The molecule has 0 aromatic carbocycles. The van der Waals surface area contributed by atoms with Gasteiger partial charge in [0.25, 0.3) is 5.91 Å². The highest BCUT2D eigenvalue weighted by Crippen LogP contribution is 2.67. The molecule has 0 aliphatic heterocycles. The number of aromatic nitrogens is 1. The fraction of sp³-hybridized carbons (Fsp3) is 0.571. The summed E-state index contributed by atoms with van der Waals surface area (Å²) in [4.78, 5) is 15.9. The molecule has 0 unspecified atom stereocenters. The van der Waals surface area contributed by atoms with Crippen LogP contribution in [0, 0.1) is 16.7 Å². The van der Waals surface area contributed by atoms with E-state index in [0.717, 1.165) is 0 Å². The molecule has 5 heteroatoms. The van der Waals surface area contributed by atoms with Crippen LogP contribution in [0.4, 0.5) is 5.69 Å².